The van der Waals surface area contributed by atoms with E-state index < -0.39 is 0 Å². The number of aromatic nitrogens is 3. The number of aromatic hydroxyl groups is 1. The maximum atomic E-state index is 12.3. The molecular weight excluding hydrogens is 408 g/mol. The fourth-order valence-electron chi connectivity index (χ4n) is 4.05. The van der Waals surface area contributed by atoms with E-state index in [1.54, 1.807) is 24.5 Å². The number of phenols is 1. The molecule has 1 aliphatic heterocycles. The van der Waals surface area contributed by atoms with Crippen molar-refractivity contribution in [3.05, 3.63) is 42.4 Å². The minimum atomic E-state index is -0.249. The average molecular weight is 435 g/mol. The van der Waals surface area contributed by atoms with Gasteiger partial charge < -0.3 is 20.6 Å². The number of benzene rings is 1. The summed E-state index contributed by atoms with van der Waals surface area (Å²) in [5.41, 5.74) is 2.49. The van der Waals surface area contributed by atoms with Gasteiger partial charge in [0, 0.05) is 50.1 Å². The van der Waals surface area contributed by atoms with E-state index in [1.165, 1.54) is 0 Å². The summed E-state index contributed by atoms with van der Waals surface area (Å²) in [5.74, 6) is 0.596. The molecule has 166 valence electrons. The van der Waals surface area contributed by atoms with Crippen LogP contribution in [-0.2, 0) is 4.79 Å². The van der Waals surface area contributed by atoms with Crippen LogP contribution >= 0.6 is 0 Å². The van der Waals surface area contributed by atoms with Gasteiger partial charge in [-0.3, -0.25) is 14.0 Å². The van der Waals surface area contributed by atoms with Crippen molar-refractivity contribution in [1.82, 2.24) is 24.6 Å². The molecule has 3 N–H and O–H groups in total. The predicted octanol–water partition coefficient (Wildman–Crippen LogP) is 2.42. The number of carbonyl (C=O) groups is 2. The Morgan fingerprint density at radius 3 is 2.88 bits per heavy atom. The van der Waals surface area contributed by atoms with E-state index >= 15 is 0 Å². The fraction of sp³-hybridized carbons (Fsp3) is 0.391. The minimum absolute atomic E-state index is 0.0561. The molecule has 2 amide bonds. The molecule has 3 aromatic rings. The lowest BCUT2D eigenvalue weighted by atomic mass is 10.1. The van der Waals surface area contributed by atoms with Crippen LogP contribution in [0.15, 0.2) is 36.8 Å². The van der Waals surface area contributed by atoms with Gasteiger partial charge in [0.25, 0.3) is 5.91 Å². The molecule has 32 heavy (non-hydrogen) atoms. The van der Waals surface area contributed by atoms with Gasteiger partial charge in [-0.25, -0.2) is 9.97 Å². The number of fused-ring (bicyclic) bond motifs is 1. The van der Waals surface area contributed by atoms with E-state index in [-0.39, 0.29) is 29.2 Å². The van der Waals surface area contributed by atoms with E-state index in [0.717, 1.165) is 50.0 Å². The molecule has 0 bridgehead atoms. The molecule has 0 radical (unpaired) electrons. The molecular formula is C23H26N6O3. The summed E-state index contributed by atoms with van der Waals surface area (Å²) in [6, 6.07) is 5.27. The van der Waals surface area contributed by atoms with Crippen LogP contribution in [0, 0.1) is 0 Å². The Kier molecular flexibility index (Phi) is 5.38. The second-order valence-electron chi connectivity index (χ2n) is 8.36. The first kappa shape index (κ1) is 20.3. The molecule has 0 atom stereocenters. The van der Waals surface area contributed by atoms with E-state index in [2.05, 4.69) is 20.6 Å². The SMILES string of the molecule is O=C(NC1CC1)c1ccc(-c2cnc3c(NCCCN4CCCC4=O)nccn23)cc1O. The molecule has 0 spiro atoms. The van der Waals surface area contributed by atoms with Crippen molar-refractivity contribution in [3.63, 3.8) is 0 Å². The Hall–Kier alpha value is -3.62. The van der Waals surface area contributed by atoms with Crippen LogP contribution in [0.2, 0.25) is 0 Å². The highest BCUT2D eigenvalue weighted by Crippen LogP contribution is 2.29. The number of rotatable bonds is 8. The number of imidazole rings is 1. The van der Waals surface area contributed by atoms with E-state index in [0.29, 0.717) is 24.4 Å². The molecule has 1 saturated heterocycles. The lowest BCUT2D eigenvalue weighted by Gasteiger charge is -2.15. The summed E-state index contributed by atoms with van der Waals surface area (Å²) in [6.07, 6.45) is 9.67. The van der Waals surface area contributed by atoms with Gasteiger partial charge in [-0.15, -0.1) is 0 Å². The van der Waals surface area contributed by atoms with Crippen molar-refractivity contribution in [3.8, 4) is 17.0 Å². The third-order valence-corrected chi connectivity index (χ3v) is 5.95. The topological polar surface area (TPSA) is 112 Å². The second-order valence-corrected chi connectivity index (χ2v) is 8.36. The Labute approximate surface area is 185 Å². The Morgan fingerprint density at radius 2 is 2.12 bits per heavy atom. The standard InChI is InChI=1S/C23H26N6O3/c30-19-13-15(4-7-17(19)23(32)27-16-5-6-16)18-14-26-22-21(25-9-12-29(18)22)24-8-2-11-28-10-1-3-20(28)31/h4,7,9,12-14,16,30H,1-3,5-6,8,10-11H2,(H,24,25)(H,27,32). The molecule has 1 aliphatic carbocycles. The second kappa shape index (κ2) is 8.49. The van der Waals surface area contributed by atoms with Crippen LogP contribution < -0.4 is 10.6 Å². The highest BCUT2D eigenvalue weighted by atomic mass is 16.3. The molecule has 5 rings (SSSR count). The van der Waals surface area contributed by atoms with Gasteiger partial charge in [0.1, 0.15) is 5.75 Å². The smallest absolute Gasteiger partial charge is 0.255 e. The summed E-state index contributed by atoms with van der Waals surface area (Å²) < 4.78 is 1.90. The van der Waals surface area contributed by atoms with Crippen molar-refractivity contribution >= 4 is 23.3 Å². The van der Waals surface area contributed by atoms with Gasteiger partial charge in [-0.2, -0.15) is 0 Å². The third-order valence-electron chi connectivity index (χ3n) is 5.95. The van der Waals surface area contributed by atoms with Crippen LogP contribution in [0.3, 0.4) is 0 Å². The zero-order valence-corrected chi connectivity index (χ0v) is 17.8. The average Bonchev–Trinajstić information content (AvgIpc) is 3.33. The molecule has 1 aromatic carbocycles. The summed E-state index contributed by atoms with van der Waals surface area (Å²) >= 11 is 0. The molecule has 2 fully saturated rings. The number of amides is 2. The highest BCUT2D eigenvalue weighted by Gasteiger charge is 2.25. The predicted molar refractivity (Wildman–Crippen MR) is 119 cm³/mol. The molecule has 0 unspecified atom stereocenters. The van der Waals surface area contributed by atoms with E-state index in [4.69, 9.17) is 0 Å². The van der Waals surface area contributed by atoms with Crippen molar-refractivity contribution in [1.29, 1.82) is 0 Å². The van der Waals surface area contributed by atoms with Gasteiger partial charge in [-0.1, -0.05) is 6.07 Å². The van der Waals surface area contributed by atoms with Crippen molar-refractivity contribution < 1.29 is 14.7 Å². The first-order chi connectivity index (χ1) is 15.6. The lowest BCUT2D eigenvalue weighted by molar-refractivity contribution is -0.127. The van der Waals surface area contributed by atoms with Gasteiger partial charge in [0.15, 0.2) is 11.5 Å². The monoisotopic (exact) mass is 434 g/mol. The quantitative estimate of drug-likeness (QED) is 0.470. The van der Waals surface area contributed by atoms with Gasteiger partial charge >= 0.3 is 0 Å². The Morgan fingerprint density at radius 1 is 1.25 bits per heavy atom. The van der Waals surface area contributed by atoms with E-state index in [1.807, 2.05) is 21.6 Å². The summed E-state index contributed by atoms with van der Waals surface area (Å²) in [5, 5.41) is 16.6. The zero-order chi connectivity index (χ0) is 22.1. The summed E-state index contributed by atoms with van der Waals surface area (Å²) in [7, 11) is 0. The van der Waals surface area contributed by atoms with Crippen LogP contribution in [0.5, 0.6) is 5.75 Å². The van der Waals surface area contributed by atoms with E-state index in [9.17, 15) is 14.7 Å². The zero-order valence-electron chi connectivity index (χ0n) is 17.8. The van der Waals surface area contributed by atoms with Crippen molar-refractivity contribution in [2.75, 3.05) is 25.0 Å². The van der Waals surface area contributed by atoms with Gasteiger partial charge in [0.05, 0.1) is 17.5 Å². The molecule has 9 heteroatoms. The van der Waals surface area contributed by atoms with Crippen LogP contribution in [0.4, 0.5) is 5.82 Å². The highest BCUT2D eigenvalue weighted by molar-refractivity contribution is 5.97. The number of hydrogen-bond acceptors (Lipinski definition) is 6. The summed E-state index contributed by atoms with van der Waals surface area (Å²) in [6.45, 7) is 2.28. The van der Waals surface area contributed by atoms with Gasteiger partial charge in [0.2, 0.25) is 5.91 Å². The normalized spacial score (nSPS) is 16.0. The Balaban J connectivity index is 1.29. The first-order valence-corrected chi connectivity index (χ1v) is 11.1. The number of nitrogens with zero attached hydrogens (tertiary/aromatic N) is 4. The molecule has 1 saturated carbocycles. The molecule has 3 heterocycles. The molecule has 9 nitrogen and oxygen atoms in total. The molecule has 2 aliphatic rings. The molecule has 2 aromatic heterocycles. The number of nitrogens with one attached hydrogen (secondary N) is 2. The number of likely N-dealkylation sites (tertiary alicyclic amines) is 1. The minimum Gasteiger partial charge on any atom is -0.507 e. The number of anilines is 1. The largest absolute Gasteiger partial charge is 0.507 e. The lowest BCUT2D eigenvalue weighted by Crippen LogP contribution is -2.27. The van der Waals surface area contributed by atoms with Crippen LogP contribution in [-0.4, -0.2) is 61.9 Å². The van der Waals surface area contributed by atoms with Crippen molar-refractivity contribution in [2.24, 2.45) is 0 Å². The number of phenolic OH excluding ortho intramolecular Hbond substituents is 1. The van der Waals surface area contributed by atoms with Crippen molar-refractivity contribution in [2.45, 2.75) is 38.1 Å². The summed E-state index contributed by atoms with van der Waals surface area (Å²) in [4.78, 5) is 34.8. The Bertz CT molecular complexity index is 1170. The fourth-order valence-corrected chi connectivity index (χ4v) is 4.05. The number of hydrogen-bond donors (Lipinski definition) is 3. The number of carbonyl (C=O) groups excluding carboxylic acids is 2. The maximum absolute atomic E-state index is 12.3. The van der Waals surface area contributed by atoms with Crippen LogP contribution in [0.25, 0.3) is 16.9 Å². The first-order valence-electron chi connectivity index (χ1n) is 11.1. The third kappa shape index (κ3) is 4.10. The maximum Gasteiger partial charge on any atom is 0.255 e. The van der Waals surface area contributed by atoms with Crippen LogP contribution in [0.1, 0.15) is 42.5 Å². The van der Waals surface area contributed by atoms with Gasteiger partial charge in [-0.05, 0) is 37.8 Å².